The van der Waals surface area contributed by atoms with Gasteiger partial charge in [0, 0.05) is 21.8 Å². The largest absolute Gasteiger partial charge is 0.478 e. The third kappa shape index (κ3) is 3.22. The number of carboxylic acids is 1. The number of aromatic carboxylic acids is 1. The van der Waals surface area contributed by atoms with Crippen molar-refractivity contribution in [3.63, 3.8) is 0 Å². The molecule has 0 saturated carbocycles. The smallest absolute Gasteiger partial charge is 0.336 e. The predicted molar refractivity (Wildman–Crippen MR) is 78.1 cm³/mol. The molecule has 0 aliphatic heterocycles. The van der Waals surface area contributed by atoms with Gasteiger partial charge in [-0.25, -0.2) is 14.2 Å². The number of benzene rings is 1. The summed E-state index contributed by atoms with van der Waals surface area (Å²) in [4.78, 5) is 15.0. The third-order valence-corrected chi connectivity index (χ3v) is 3.61. The van der Waals surface area contributed by atoms with E-state index in [1.165, 1.54) is 18.3 Å². The van der Waals surface area contributed by atoms with E-state index in [1.807, 2.05) is 22.6 Å². The Balaban J connectivity index is 2.46. The van der Waals surface area contributed by atoms with Gasteiger partial charge < -0.3 is 5.11 Å². The molecule has 0 saturated heterocycles. The first kappa shape index (κ1) is 14.2. The average molecular weight is 392 g/mol. The first-order chi connectivity index (χ1) is 8.99. The van der Waals surface area contributed by atoms with Crippen LogP contribution in [0.15, 0.2) is 30.5 Å². The normalized spacial score (nSPS) is 10.5. The van der Waals surface area contributed by atoms with Gasteiger partial charge in [0.1, 0.15) is 11.0 Å². The van der Waals surface area contributed by atoms with Crippen molar-refractivity contribution >= 4 is 40.2 Å². The fourth-order valence-corrected chi connectivity index (χ4v) is 2.37. The van der Waals surface area contributed by atoms with Crippen LogP contribution in [0.1, 0.15) is 21.5 Å². The standard InChI is InChI=1S/C13H8ClFINO2/c14-12-10(9(13(18)19)3-4-17-12)5-7-1-2-8(16)6-11(7)15/h1-4,6H,5H2,(H,18,19). The highest BCUT2D eigenvalue weighted by Gasteiger charge is 2.16. The molecule has 2 rings (SSSR count). The second-order valence-corrected chi connectivity index (χ2v) is 5.45. The number of carboxylic acid groups (broad SMARTS) is 1. The van der Waals surface area contributed by atoms with Crippen LogP contribution < -0.4 is 0 Å². The van der Waals surface area contributed by atoms with E-state index in [-0.39, 0.29) is 23.0 Å². The summed E-state index contributed by atoms with van der Waals surface area (Å²) < 4.78 is 14.6. The molecule has 0 fully saturated rings. The van der Waals surface area contributed by atoms with Crippen molar-refractivity contribution in [2.45, 2.75) is 6.42 Å². The van der Waals surface area contributed by atoms with E-state index in [0.717, 1.165) is 3.57 Å². The molecule has 0 bridgehead atoms. The molecule has 1 heterocycles. The van der Waals surface area contributed by atoms with Crippen molar-refractivity contribution in [3.05, 3.63) is 61.7 Å². The lowest BCUT2D eigenvalue weighted by molar-refractivity contribution is 0.0695. The van der Waals surface area contributed by atoms with Gasteiger partial charge in [-0.1, -0.05) is 17.7 Å². The van der Waals surface area contributed by atoms with Gasteiger partial charge in [0.2, 0.25) is 0 Å². The maximum Gasteiger partial charge on any atom is 0.336 e. The fraction of sp³-hybridized carbons (Fsp3) is 0.0769. The quantitative estimate of drug-likeness (QED) is 0.640. The summed E-state index contributed by atoms with van der Waals surface area (Å²) in [6, 6.07) is 6.12. The highest BCUT2D eigenvalue weighted by Crippen LogP contribution is 2.23. The van der Waals surface area contributed by atoms with Crippen LogP contribution in [0.3, 0.4) is 0 Å². The molecule has 6 heteroatoms. The summed E-state index contributed by atoms with van der Waals surface area (Å²) in [5.74, 6) is -1.49. The van der Waals surface area contributed by atoms with Crippen molar-refractivity contribution in [3.8, 4) is 0 Å². The van der Waals surface area contributed by atoms with Crippen molar-refractivity contribution in [2.24, 2.45) is 0 Å². The van der Waals surface area contributed by atoms with Crippen LogP contribution in [0.4, 0.5) is 4.39 Å². The molecule has 0 unspecified atom stereocenters. The highest BCUT2D eigenvalue weighted by molar-refractivity contribution is 14.1. The number of halogens is 3. The Bertz CT molecular complexity index is 649. The fourth-order valence-electron chi connectivity index (χ4n) is 1.69. The molecule has 0 radical (unpaired) electrons. The van der Waals surface area contributed by atoms with Gasteiger partial charge in [-0.2, -0.15) is 0 Å². The summed E-state index contributed by atoms with van der Waals surface area (Å²) in [5.41, 5.74) is 0.743. The number of nitrogens with zero attached hydrogens (tertiary/aromatic N) is 1. The first-order valence-corrected chi connectivity index (χ1v) is 6.75. The number of hydrogen-bond donors (Lipinski definition) is 1. The Morgan fingerprint density at radius 2 is 2.16 bits per heavy atom. The molecule has 98 valence electrons. The molecule has 3 nitrogen and oxygen atoms in total. The van der Waals surface area contributed by atoms with E-state index in [0.29, 0.717) is 11.1 Å². The molecule has 0 spiro atoms. The van der Waals surface area contributed by atoms with Gasteiger partial charge in [0.05, 0.1) is 5.56 Å². The second kappa shape index (κ2) is 5.83. The monoisotopic (exact) mass is 391 g/mol. The van der Waals surface area contributed by atoms with Crippen LogP contribution in [0.2, 0.25) is 5.15 Å². The highest BCUT2D eigenvalue weighted by atomic mass is 127. The Hall–Kier alpha value is -1.21. The lowest BCUT2D eigenvalue weighted by Crippen LogP contribution is -2.06. The molecule has 0 atom stereocenters. The van der Waals surface area contributed by atoms with Crippen LogP contribution in [-0.2, 0) is 6.42 Å². The molecule has 0 aliphatic carbocycles. The van der Waals surface area contributed by atoms with Crippen LogP contribution in [-0.4, -0.2) is 16.1 Å². The van der Waals surface area contributed by atoms with Gasteiger partial charge in [-0.15, -0.1) is 0 Å². The predicted octanol–water partition coefficient (Wildman–Crippen LogP) is 3.77. The molecule has 0 aliphatic rings. The third-order valence-electron chi connectivity index (χ3n) is 2.62. The van der Waals surface area contributed by atoms with E-state index in [2.05, 4.69) is 4.98 Å². The van der Waals surface area contributed by atoms with E-state index < -0.39 is 5.97 Å². The number of carbonyl (C=O) groups is 1. The summed E-state index contributed by atoms with van der Waals surface area (Å²) in [5, 5.41) is 9.18. The van der Waals surface area contributed by atoms with Crippen molar-refractivity contribution in [1.29, 1.82) is 0 Å². The zero-order chi connectivity index (χ0) is 14.0. The Labute approximate surface area is 127 Å². The number of aromatic nitrogens is 1. The zero-order valence-corrected chi connectivity index (χ0v) is 12.4. The van der Waals surface area contributed by atoms with Gasteiger partial charge in [-0.3, -0.25) is 0 Å². The Morgan fingerprint density at radius 3 is 2.79 bits per heavy atom. The lowest BCUT2D eigenvalue weighted by atomic mass is 10.0. The van der Waals surface area contributed by atoms with E-state index in [4.69, 9.17) is 16.7 Å². The molecular weight excluding hydrogens is 384 g/mol. The average Bonchev–Trinajstić information content (AvgIpc) is 2.34. The Morgan fingerprint density at radius 1 is 1.42 bits per heavy atom. The minimum absolute atomic E-state index is 0.0398. The van der Waals surface area contributed by atoms with Crippen LogP contribution in [0.5, 0.6) is 0 Å². The summed E-state index contributed by atoms with van der Waals surface area (Å²) in [7, 11) is 0. The summed E-state index contributed by atoms with van der Waals surface area (Å²) >= 11 is 7.91. The van der Waals surface area contributed by atoms with E-state index >= 15 is 0 Å². The zero-order valence-electron chi connectivity index (χ0n) is 9.53. The molecule has 1 aromatic carbocycles. The Kier molecular flexibility index (Phi) is 4.36. The van der Waals surface area contributed by atoms with Gasteiger partial charge in [-0.05, 0) is 46.4 Å². The van der Waals surface area contributed by atoms with Gasteiger partial charge in [0.25, 0.3) is 0 Å². The van der Waals surface area contributed by atoms with E-state index in [1.54, 1.807) is 12.1 Å². The maximum absolute atomic E-state index is 13.8. The molecule has 1 N–H and O–H groups in total. The minimum atomic E-state index is -1.11. The number of hydrogen-bond acceptors (Lipinski definition) is 2. The van der Waals surface area contributed by atoms with Gasteiger partial charge >= 0.3 is 5.97 Å². The topological polar surface area (TPSA) is 50.2 Å². The molecule has 19 heavy (non-hydrogen) atoms. The van der Waals surface area contributed by atoms with Crippen molar-refractivity contribution in [2.75, 3.05) is 0 Å². The van der Waals surface area contributed by atoms with Crippen molar-refractivity contribution in [1.82, 2.24) is 4.98 Å². The lowest BCUT2D eigenvalue weighted by Gasteiger charge is -2.08. The summed E-state index contributed by atoms with van der Waals surface area (Å²) in [6.07, 6.45) is 1.41. The maximum atomic E-state index is 13.8. The van der Waals surface area contributed by atoms with Crippen LogP contribution in [0.25, 0.3) is 0 Å². The van der Waals surface area contributed by atoms with Crippen LogP contribution >= 0.6 is 34.2 Å². The molecule has 2 aromatic rings. The summed E-state index contributed by atoms with van der Waals surface area (Å²) in [6.45, 7) is 0. The number of rotatable bonds is 3. The molecular formula is C13H8ClFINO2. The van der Waals surface area contributed by atoms with Crippen LogP contribution in [0, 0.1) is 9.39 Å². The first-order valence-electron chi connectivity index (χ1n) is 5.29. The SMILES string of the molecule is O=C(O)c1ccnc(Cl)c1Cc1ccc(I)cc1F. The minimum Gasteiger partial charge on any atom is -0.478 e. The number of pyridine rings is 1. The van der Waals surface area contributed by atoms with Crippen molar-refractivity contribution < 1.29 is 14.3 Å². The second-order valence-electron chi connectivity index (χ2n) is 3.85. The van der Waals surface area contributed by atoms with Gasteiger partial charge in [0.15, 0.2) is 0 Å². The molecule has 1 aromatic heterocycles. The van der Waals surface area contributed by atoms with E-state index in [9.17, 15) is 9.18 Å². The molecule has 0 amide bonds.